The van der Waals surface area contributed by atoms with Gasteiger partial charge >= 0.3 is 0 Å². The lowest BCUT2D eigenvalue weighted by molar-refractivity contribution is 0.0884. The Morgan fingerprint density at radius 2 is 2.33 bits per heavy atom. The fourth-order valence-electron chi connectivity index (χ4n) is 1.79. The minimum absolute atomic E-state index is 0.0232. The first-order valence-electron chi connectivity index (χ1n) is 4.78. The molecule has 15 heavy (non-hydrogen) atoms. The van der Waals surface area contributed by atoms with Crippen molar-refractivity contribution in [2.45, 2.75) is 12.8 Å². The molecule has 0 radical (unpaired) electrons. The summed E-state index contributed by atoms with van der Waals surface area (Å²) in [6, 6.07) is 0. The zero-order chi connectivity index (χ0) is 10.9. The molecule has 1 aliphatic rings. The lowest BCUT2D eigenvalue weighted by atomic mass is 10.1. The Labute approximate surface area is 88.0 Å². The molecule has 1 saturated heterocycles. The monoisotopic (exact) mass is 228 g/mol. The maximum atomic E-state index is 11.6. The Morgan fingerprint density at radius 3 is 2.87 bits per heavy atom. The van der Waals surface area contributed by atoms with E-state index in [9.17, 15) is 13.2 Å². The second kappa shape index (κ2) is 3.77. The highest BCUT2D eigenvalue weighted by atomic mass is 32.2. The molecule has 1 aliphatic heterocycles. The van der Waals surface area contributed by atoms with Gasteiger partial charge in [-0.05, 0) is 12.3 Å². The second-order valence-electron chi connectivity index (χ2n) is 3.84. The molecule has 0 saturated carbocycles. The third-order valence-electron chi connectivity index (χ3n) is 2.58. The molecule has 1 aromatic heterocycles. The van der Waals surface area contributed by atoms with Gasteiger partial charge in [0.15, 0.2) is 9.84 Å². The highest BCUT2D eigenvalue weighted by Crippen LogP contribution is 2.21. The van der Waals surface area contributed by atoms with E-state index in [1.807, 2.05) is 0 Å². The highest BCUT2D eigenvalue weighted by molar-refractivity contribution is 7.91. The molecule has 1 fully saturated rings. The second-order valence-corrected chi connectivity index (χ2v) is 6.07. The molecule has 1 atom stereocenters. The Morgan fingerprint density at radius 1 is 1.53 bits per heavy atom. The molecule has 0 bridgehead atoms. The van der Waals surface area contributed by atoms with Crippen molar-refractivity contribution in [2.75, 3.05) is 11.5 Å². The summed E-state index contributed by atoms with van der Waals surface area (Å²) >= 11 is 0. The van der Waals surface area contributed by atoms with Crippen LogP contribution in [-0.4, -0.2) is 35.4 Å². The van der Waals surface area contributed by atoms with Crippen molar-refractivity contribution in [3.8, 4) is 0 Å². The zero-order valence-corrected chi connectivity index (χ0v) is 8.98. The van der Waals surface area contributed by atoms with E-state index in [0.717, 1.165) is 0 Å². The van der Waals surface area contributed by atoms with E-state index in [2.05, 4.69) is 4.98 Å². The first kappa shape index (κ1) is 10.4. The number of imidazole rings is 1. The van der Waals surface area contributed by atoms with Crippen molar-refractivity contribution in [3.05, 3.63) is 18.7 Å². The number of nitrogens with zero attached hydrogens (tertiary/aromatic N) is 2. The van der Waals surface area contributed by atoms with Crippen LogP contribution in [0.2, 0.25) is 0 Å². The molecular formula is C9H12N2O3S. The zero-order valence-electron chi connectivity index (χ0n) is 8.17. The molecule has 1 unspecified atom stereocenters. The van der Waals surface area contributed by atoms with Crippen LogP contribution in [0.3, 0.4) is 0 Å². The summed E-state index contributed by atoms with van der Waals surface area (Å²) in [5.74, 6) is 0.252. The topological polar surface area (TPSA) is 69.0 Å². The largest absolute Gasteiger partial charge is 0.276 e. The summed E-state index contributed by atoms with van der Waals surface area (Å²) in [4.78, 5) is 15.4. The Balaban J connectivity index is 1.97. The number of aromatic nitrogens is 2. The molecule has 2 heterocycles. The van der Waals surface area contributed by atoms with Crippen LogP contribution in [0.25, 0.3) is 0 Å². The Bertz CT molecular complexity index is 450. The molecule has 0 aliphatic carbocycles. The summed E-state index contributed by atoms with van der Waals surface area (Å²) < 4.78 is 23.8. The van der Waals surface area contributed by atoms with Crippen molar-refractivity contribution < 1.29 is 13.2 Å². The number of rotatable bonds is 2. The van der Waals surface area contributed by atoms with Crippen molar-refractivity contribution in [1.82, 2.24) is 9.55 Å². The van der Waals surface area contributed by atoms with Crippen molar-refractivity contribution in [1.29, 1.82) is 0 Å². The van der Waals surface area contributed by atoms with Crippen LogP contribution in [-0.2, 0) is 9.84 Å². The molecule has 1 aromatic rings. The molecule has 6 heteroatoms. The van der Waals surface area contributed by atoms with E-state index >= 15 is 0 Å². The lowest BCUT2D eigenvalue weighted by Gasteiger charge is -2.05. The van der Waals surface area contributed by atoms with Gasteiger partial charge in [0.25, 0.3) is 0 Å². The van der Waals surface area contributed by atoms with E-state index in [-0.39, 0.29) is 29.8 Å². The molecule has 82 valence electrons. The third-order valence-corrected chi connectivity index (χ3v) is 4.42. The van der Waals surface area contributed by atoms with Crippen molar-refractivity contribution in [2.24, 2.45) is 5.92 Å². The van der Waals surface area contributed by atoms with E-state index in [4.69, 9.17) is 0 Å². The van der Waals surface area contributed by atoms with Gasteiger partial charge in [-0.25, -0.2) is 13.4 Å². The summed E-state index contributed by atoms with van der Waals surface area (Å²) in [7, 11) is -2.89. The van der Waals surface area contributed by atoms with Crippen LogP contribution in [0.5, 0.6) is 0 Å². The molecule has 0 spiro atoms. The van der Waals surface area contributed by atoms with Gasteiger partial charge in [-0.2, -0.15) is 0 Å². The van der Waals surface area contributed by atoms with E-state index in [0.29, 0.717) is 6.42 Å². The standard InChI is InChI=1S/C9H12N2O3S/c12-9(11-3-2-10-7-11)5-8-1-4-15(13,14)6-8/h2-3,7-8H,1,4-6H2. The minimum Gasteiger partial charge on any atom is -0.276 e. The minimum atomic E-state index is -2.89. The van der Waals surface area contributed by atoms with Gasteiger partial charge in [0.05, 0.1) is 11.5 Å². The normalized spacial score (nSPS) is 24.1. The van der Waals surface area contributed by atoms with Gasteiger partial charge in [-0.3, -0.25) is 9.36 Å². The smallest absolute Gasteiger partial charge is 0.232 e. The number of hydrogen-bond donors (Lipinski definition) is 0. The molecule has 0 amide bonds. The van der Waals surface area contributed by atoms with E-state index in [1.54, 1.807) is 6.20 Å². The quantitative estimate of drug-likeness (QED) is 0.732. The van der Waals surface area contributed by atoms with Gasteiger partial charge in [-0.1, -0.05) is 0 Å². The van der Waals surface area contributed by atoms with Crippen molar-refractivity contribution >= 4 is 15.7 Å². The molecule has 0 N–H and O–H groups in total. The van der Waals surface area contributed by atoms with Crippen LogP contribution >= 0.6 is 0 Å². The van der Waals surface area contributed by atoms with Gasteiger partial charge in [0, 0.05) is 18.8 Å². The lowest BCUT2D eigenvalue weighted by Crippen LogP contribution is -2.15. The first-order valence-corrected chi connectivity index (χ1v) is 6.60. The molecule has 0 aromatic carbocycles. The predicted molar refractivity (Wildman–Crippen MR) is 54.2 cm³/mol. The maximum absolute atomic E-state index is 11.6. The first-order chi connectivity index (χ1) is 7.07. The van der Waals surface area contributed by atoms with Crippen LogP contribution in [0, 0.1) is 5.92 Å². The fraction of sp³-hybridized carbons (Fsp3) is 0.556. The van der Waals surface area contributed by atoms with Crippen LogP contribution in [0.15, 0.2) is 18.7 Å². The molecular weight excluding hydrogens is 216 g/mol. The summed E-state index contributed by atoms with van der Waals surface area (Å²) in [5.41, 5.74) is 0. The van der Waals surface area contributed by atoms with Crippen LogP contribution in [0.1, 0.15) is 17.6 Å². The average Bonchev–Trinajstić information content (AvgIpc) is 2.74. The third kappa shape index (κ3) is 2.44. The van der Waals surface area contributed by atoms with E-state index < -0.39 is 9.84 Å². The fourth-order valence-corrected chi connectivity index (χ4v) is 3.65. The predicted octanol–water partition coefficient (Wildman–Crippen LogP) is 0.348. The van der Waals surface area contributed by atoms with Crippen LogP contribution < -0.4 is 0 Å². The molecule has 2 rings (SSSR count). The molecule has 5 nitrogen and oxygen atoms in total. The maximum Gasteiger partial charge on any atom is 0.232 e. The van der Waals surface area contributed by atoms with Gasteiger partial charge in [-0.15, -0.1) is 0 Å². The average molecular weight is 228 g/mol. The number of carbonyl (C=O) groups excluding carboxylic acids is 1. The SMILES string of the molecule is O=C(CC1CCS(=O)(=O)C1)n1ccnc1. The highest BCUT2D eigenvalue weighted by Gasteiger charge is 2.29. The number of sulfone groups is 1. The van der Waals surface area contributed by atoms with E-state index in [1.165, 1.54) is 17.1 Å². The summed E-state index contributed by atoms with van der Waals surface area (Å²) in [6.45, 7) is 0. The number of hydrogen-bond acceptors (Lipinski definition) is 4. The number of carbonyl (C=O) groups is 1. The van der Waals surface area contributed by atoms with Crippen LogP contribution in [0.4, 0.5) is 0 Å². The summed E-state index contributed by atoms with van der Waals surface area (Å²) in [6.07, 6.45) is 5.43. The van der Waals surface area contributed by atoms with Gasteiger partial charge in [0.1, 0.15) is 6.33 Å². The van der Waals surface area contributed by atoms with Crippen molar-refractivity contribution in [3.63, 3.8) is 0 Å². The Kier molecular flexibility index (Phi) is 2.60. The van der Waals surface area contributed by atoms with Gasteiger partial charge in [0.2, 0.25) is 5.91 Å². The van der Waals surface area contributed by atoms with Gasteiger partial charge < -0.3 is 0 Å². The Hall–Kier alpha value is -1.17. The summed E-state index contributed by atoms with van der Waals surface area (Å²) in [5, 5.41) is 0.